The van der Waals surface area contributed by atoms with E-state index in [9.17, 15) is 49.9 Å². The molecule has 8 amide bonds. The lowest BCUT2D eigenvalue weighted by molar-refractivity contribution is -0.137. The van der Waals surface area contributed by atoms with Crippen molar-refractivity contribution in [2.45, 2.75) is 13.1 Å². The summed E-state index contributed by atoms with van der Waals surface area (Å²) in [5.41, 5.74) is 13.6. The van der Waals surface area contributed by atoms with Gasteiger partial charge >= 0.3 is 30.3 Å². The van der Waals surface area contributed by atoms with Crippen LogP contribution in [0.4, 0.5) is 119 Å². The van der Waals surface area contributed by atoms with Crippen molar-refractivity contribution in [1.82, 2.24) is 59.8 Å². The molecule has 144 heavy (non-hydrogen) atoms. The van der Waals surface area contributed by atoms with Crippen molar-refractivity contribution in [2.24, 2.45) is 0 Å². The number of hydrogen-bond acceptors (Lipinski definition) is 21. The SMILES string of the molecule is COc1ccc(NC(=O)Nc2cc(-c3nc(N4CCOCC4)[nH]c3-c3ccncc3)ccc2F)cc1.Cc1ccc(NC(=O)Nc2cc(-c3nc(N4CCOCC4)[nH]c3-c3ccncc3)ccc2F)cc1.O=C(Nc1ccc(C(F)(F)F)cc1)Nc1cc(-c2nc(N3CCOCC3)[nH]c2-c2ccncc2)ccc1F.O=C(Nc1ccc(Cl)cc1)Nc1cc(-c2nc(N3CCOCC3)[nH]c2-c2ccncc2)ccc1F. The third-order valence-corrected chi connectivity index (χ3v) is 23.3. The number of hydrogen-bond donors (Lipinski definition) is 12. The molecule has 41 heteroatoms. The number of urea groups is 4. The summed E-state index contributed by atoms with van der Waals surface area (Å²) >= 11 is 5.88. The molecule has 33 nitrogen and oxygen atoms in total. The Bertz CT molecular complexity index is 6880. The summed E-state index contributed by atoms with van der Waals surface area (Å²) in [6, 6.07) is 55.1. The van der Waals surface area contributed by atoms with Crippen LogP contribution in [0.5, 0.6) is 5.75 Å². The fourth-order valence-corrected chi connectivity index (χ4v) is 15.8. The number of carbonyl (C=O) groups excluding carboxylic acids is 4. The number of carbonyl (C=O) groups is 4. The van der Waals surface area contributed by atoms with Crippen LogP contribution in [-0.2, 0) is 25.1 Å². The van der Waals surface area contributed by atoms with Gasteiger partial charge in [-0.25, -0.2) is 56.7 Å². The van der Waals surface area contributed by atoms with Gasteiger partial charge in [-0.2, -0.15) is 13.2 Å². The maximum absolute atomic E-state index is 14.7. The summed E-state index contributed by atoms with van der Waals surface area (Å²) in [5.74, 6) is 1.08. The Kier molecular flexibility index (Phi) is 31.7. The predicted molar refractivity (Wildman–Crippen MR) is 539 cm³/mol. The average Bonchev–Trinajstić information content (AvgIpc) is 1.65. The fraction of sp³-hybridized carbons (Fsp3) is 0.184. The molecule has 12 heterocycles. The zero-order valence-electron chi connectivity index (χ0n) is 77.3. The quantitative estimate of drug-likeness (QED) is 0.0297. The van der Waals surface area contributed by atoms with E-state index in [1.807, 2.05) is 67.6 Å². The first-order valence-corrected chi connectivity index (χ1v) is 45.9. The predicted octanol–water partition coefficient (Wildman–Crippen LogP) is 21.0. The molecule has 16 aromatic rings. The van der Waals surface area contributed by atoms with Gasteiger partial charge in [0.2, 0.25) is 23.8 Å². The van der Waals surface area contributed by atoms with Gasteiger partial charge in [-0.15, -0.1) is 0 Å². The average molecular weight is 1980 g/mol. The lowest BCUT2D eigenvalue weighted by Gasteiger charge is -2.26. The molecule has 4 aliphatic heterocycles. The maximum atomic E-state index is 14.7. The molecule has 12 N–H and O–H groups in total. The Balaban J connectivity index is 0.000000132. The van der Waals surface area contributed by atoms with E-state index in [1.165, 1.54) is 30.3 Å². The number of alkyl halides is 3. The molecule has 0 bridgehead atoms. The number of nitrogens with one attached hydrogen (secondary N) is 12. The highest BCUT2D eigenvalue weighted by molar-refractivity contribution is 6.30. The minimum Gasteiger partial charge on any atom is -0.497 e. The summed E-state index contributed by atoms with van der Waals surface area (Å²) < 4.78 is 124. The van der Waals surface area contributed by atoms with Crippen molar-refractivity contribution in [3.63, 3.8) is 0 Å². The highest BCUT2D eigenvalue weighted by Gasteiger charge is 2.32. The lowest BCUT2D eigenvalue weighted by Crippen LogP contribution is -2.36. The molecule has 0 radical (unpaired) electrons. The van der Waals surface area contributed by atoms with E-state index >= 15 is 0 Å². The van der Waals surface area contributed by atoms with E-state index in [0.717, 1.165) is 82.3 Å². The summed E-state index contributed by atoms with van der Waals surface area (Å²) in [6.07, 6.45) is 9.04. The number of anilines is 12. The van der Waals surface area contributed by atoms with Gasteiger partial charge in [-0.05, 0) is 213 Å². The standard InChI is InChI=1S/C26H22F4N6O2.C26H25FN6O3.C26H25FN6O2.C25H22ClFN6O2/c27-20-6-1-17(15-21(20)33-25(37)32-19-4-2-18(3-5-19)26(28,29)30)23-22(16-7-9-31-10-8-16)34-24(35-23)36-11-13-38-14-12-36;1-35-20-5-3-19(4-6-20)29-26(34)30-22-16-18(2-7-21(22)27)24-23(17-8-10-28-11-9-17)31-25(32-24)33-12-14-36-15-13-33;1-17-2-5-20(6-3-17)29-26(34)30-22-16-19(4-7-21(22)27)24-23(18-8-10-28-11-9-18)31-25(32-24)33-12-14-35-15-13-33;26-18-2-4-19(5-3-18)29-25(34)30-21-15-17(1-6-20(21)27)23-22(16-7-9-28-10-8-16)31-24(32-23)33-11-13-35-14-12-33/h1-10,15H,11-14H2,(H,34,35)(H2,32,33,37);2-11,16H,12-15H2,1H3,(H,31,32)(H2,29,30,34);2-11,16H,12-15H2,1H3,(H,31,32)(H2,29,30,34);1-10,15H,11-14H2,(H,31,32)(H2,29,30,34). The number of methoxy groups -OCH3 is 1. The number of H-pyrrole nitrogens is 4. The summed E-state index contributed by atoms with van der Waals surface area (Å²) in [5, 5.41) is 21.3. The van der Waals surface area contributed by atoms with E-state index in [-0.39, 0.29) is 28.4 Å². The van der Waals surface area contributed by atoms with Gasteiger partial charge < -0.3 is 106 Å². The van der Waals surface area contributed by atoms with Crippen molar-refractivity contribution in [3.05, 3.63) is 307 Å². The number of aromatic nitrogens is 12. The molecular weight excluding hydrogens is 1890 g/mol. The molecule has 0 spiro atoms. The fourth-order valence-electron chi connectivity index (χ4n) is 15.7. The number of halogens is 8. The van der Waals surface area contributed by atoms with Gasteiger partial charge in [0.25, 0.3) is 0 Å². The number of imidazole rings is 4. The number of morpholine rings is 4. The van der Waals surface area contributed by atoms with Gasteiger partial charge in [-0.1, -0.05) is 29.3 Å². The van der Waals surface area contributed by atoms with Crippen molar-refractivity contribution in [3.8, 4) is 95.8 Å². The van der Waals surface area contributed by atoms with Crippen molar-refractivity contribution < 1.29 is 73.6 Å². The van der Waals surface area contributed by atoms with E-state index in [0.29, 0.717) is 194 Å². The minimum absolute atomic E-state index is 0.0329. The Hall–Kier alpha value is -17.1. The Morgan fingerprint density at radius 1 is 0.319 bits per heavy atom. The number of aromatic amines is 4. The molecule has 0 atom stereocenters. The number of nitrogens with zero attached hydrogens (tertiary/aromatic N) is 12. The molecule has 20 rings (SSSR count). The Morgan fingerprint density at radius 2 is 0.556 bits per heavy atom. The van der Waals surface area contributed by atoms with Crippen LogP contribution >= 0.6 is 11.6 Å². The highest BCUT2D eigenvalue weighted by atomic mass is 35.5. The van der Waals surface area contributed by atoms with E-state index < -0.39 is 59.1 Å². The molecule has 736 valence electrons. The Labute approximate surface area is 824 Å². The van der Waals surface area contributed by atoms with Crippen LogP contribution in [0.2, 0.25) is 5.02 Å². The summed E-state index contributed by atoms with van der Waals surface area (Å²) in [6.45, 7) is 12.4. The first-order valence-electron chi connectivity index (χ1n) is 45.5. The normalized spacial score (nSPS) is 13.5. The van der Waals surface area contributed by atoms with Gasteiger partial charge in [0.1, 0.15) is 29.0 Å². The van der Waals surface area contributed by atoms with Gasteiger partial charge in [0.15, 0.2) is 0 Å². The second kappa shape index (κ2) is 46.3. The third-order valence-electron chi connectivity index (χ3n) is 23.1. The van der Waals surface area contributed by atoms with Gasteiger partial charge in [0.05, 0.1) is 134 Å². The number of amides is 8. The number of benzene rings is 8. The first-order chi connectivity index (χ1) is 70.0. The first kappa shape index (κ1) is 98.5. The lowest BCUT2D eigenvalue weighted by atomic mass is 10.1. The van der Waals surface area contributed by atoms with Crippen LogP contribution in [-0.4, -0.2) is 196 Å². The molecular formula is C103H94ClF7N24O9. The molecule has 4 saturated heterocycles. The third kappa shape index (κ3) is 25.4. The molecule has 0 unspecified atom stereocenters. The van der Waals surface area contributed by atoms with Crippen LogP contribution in [0.25, 0.3) is 90.1 Å². The van der Waals surface area contributed by atoms with Crippen LogP contribution in [0.1, 0.15) is 11.1 Å². The Morgan fingerprint density at radius 3 is 0.799 bits per heavy atom. The zero-order valence-corrected chi connectivity index (χ0v) is 78.0. The van der Waals surface area contributed by atoms with Gasteiger partial charge in [0, 0.05) is 174 Å². The van der Waals surface area contributed by atoms with Crippen LogP contribution in [0.15, 0.2) is 268 Å². The number of aryl methyl sites for hydroxylation is 1. The summed E-state index contributed by atoms with van der Waals surface area (Å²) in [7, 11) is 1.56. The maximum Gasteiger partial charge on any atom is 0.416 e. The summed E-state index contributed by atoms with van der Waals surface area (Å²) in [4.78, 5) is 108. The van der Waals surface area contributed by atoms with Crippen LogP contribution < -0.4 is 66.9 Å². The van der Waals surface area contributed by atoms with Crippen LogP contribution in [0, 0.1) is 30.2 Å². The van der Waals surface area contributed by atoms with Crippen molar-refractivity contribution in [1.29, 1.82) is 0 Å². The number of ether oxygens (including phenoxy) is 5. The molecule has 8 aromatic carbocycles. The second-order valence-corrected chi connectivity index (χ2v) is 33.2. The van der Waals surface area contributed by atoms with Crippen molar-refractivity contribution in [2.75, 3.05) is 174 Å². The molecule has 4 aliphatic rings. The molecule has 0 aliphatic carbocycles. The van der Waals surface area contributed by atoms with E-state index in [2.05, 4.69) is 102 Å². The zero-order chi connectivity index (χ0) is 100. The second-order valence-electron chi connectivity index (χ2n) is 32.7. The smallest absolute Gasteiger partial charge is 0.416 e. The van der Waals surface area contributed by atoms with Crippen LogP contribution in [0.3, 0.4) is 0 Å². The topological polar surface area (TPSA) is 390 Å². The highest BCUT2D eigenvalue weighted by Crippen LogP contribution is 2.41. The molecule has 4 fully saturated rings. The number of pyridine rings is 4. The molecule has 0 saturated carbocycles. The van der Waals surface area contributed by atoms with E-state index in [1.54, 1.807) is 160 Å². The largest absolute Gasteiger partial charge is 0.497 e. The van der Waals surface area contributed by atoms with E-state index in [4.69, 9.17) is 55.2 Å². The number of rotatable bonds is 21. The monoisotopic (exact) mass is 1980 g/mol. The molecule has 8 aromatic heterocycles. The minimum atomic E-state index is -4.49. The van der Waals surface area contributed by atoms with Gasteiger partial charge in [-0.3, -0.25) is 19.9 Å². The van der Waals surface area contributed by atoms with Crippen molar-refractivity contribution >= 4 is 105 Å².